The molecule has 0 aliphatic carbocycles. The SMILES string of the molecule is C=CCCC(=O)NC[C@@H](C)OC(=O)[C@@H]1[C@H]2C(=O)N(CCCCCCO)[C@H](C(=O)N(CC=C)c3c(C)cccc3Cl)[C@]23CC[C@H]1O3. The Morgan fingerprint density at radius 3 is 2.69 bits per heavy atom. The molecule has 4 rings (SSSR count). The lowest BCUT2D eigenvalue weighted by molar-refractivity contribution is -0.159. The third kappa shape index (κ3) is 7.13. The molecule has 45 heavy (non-hydrogen) atoms. The highest BCUT2D eigenvalue weighted by atomic mass is 35.5. The van der Waals surface area contributed by atoms with Gasteiger partial charge in [0.1, 0.15) is 17.7 Å². The number of nitrogens with one attached hydrogen (secondary N) is 1. The minimum absolute atomic E-state index is 0.0958. The second-order valence-electron chi connectivity index (χ2n) is 12.2. The summed E-state index contributed by atoms with van der Waals surface area (Å²) < 4.78 is 12.3. The standard InChI is InChI=1S/C34H46ClN3O7/c1-5-7-15-26(40)36-21-23(4)44-33(43)27-25-16-17-34(45-25)28(27)31(41)38(19-10-8-9-11-20-39)30(34)32(42)37(18-6-2)29-22(3)13-12-14-24(29)35/h5-6,12-14,23,25,27-28,30,39H,1-2,7-11,15-21H2,3-4H3,(H,36,40)/t23-,25-,27+,28+,30-,34+/m1/s1. The molecule has 3 aliphatic rings. The summed E-state index contributed by atoms with van der Waals surface area (Å²) in [5, 5.41) is 12.4. The van der Waals surface area contributed by atoms with E-state index in [0.717, 1.165) is 18.4 Å². The number of aliphatic hydroxyl groups is 1. The third-order valence-electron chi connectivity index (χ3n) is 9.13. The quantitative estimate of drug-likeness (QED) is 0.149. The van der Waals surface area contributed by atoms with Gasteiger partial charge in [-0.25, -0.2) is 0 Å². The number of anilines is 1. The van der Waals surface area contributed by atoms with Crippen LogP contribution in [0.5, 0.6) is 0 Å². The fourth-order valence-corrected chi connectivity index (χ4v) is 7.44. The summed E-state index contributed by atoms with van der Waals surface area (Å²) in [7, 11) is 0. The molecule has 2 bridgehead atoms. The molecule has 3 amide bonds. The first-order valence-electron chi connectivity index (χ1n) is 16.0. The number of likely N-dealkylation sites (tertiary alicyclic amines) is 1. The van der Waals surface area contributed by atoms with Crippen LogP contribution in [0.1, 0.15) is 63.9 Å². The third-order valence-corrected chi connectivity index (χ3v) is 9.43. The van der Waals surface area contributed by atoms with Gasteiger partial charge in [-0.1, -0.05) is 48.7 Å². The Hall–Kier alpha value is -3.21. The molecule has 6 atom stereocenters. The Bertz CT molecular complexity index is 1270. The van der Waals surface area contributed by atoms with Crippen LogP contribution in [-0.4, -0.2) is 83.8 Å². The van der Waals surface area contributed by atoms with Crippen LogP contribution in [-0.2, 0) is 28.7 Å². The maximum atomic E-state index is 14.7. The fraction of sp³-hybridized carbons (Fsp3) is 0.588. The van der Waals surface area contributed by atoms with E-state index in [1.54, 1.807) is 34.9 Å². The van der Waals surface area contributed by atoms with Crippen LogP contribution in [0.4, 0.5) is 5.69 Å². The number of benzene rings is 1. The van der Waals surface area contributed by atoms with Gasteiger partial charge >= 0.3 is 5.97 Å². The van der Waals surface area contributed by atoms with Crippen molar-refractivity contribution < 1.29 is 33.8 Å². The van der Waals surface area contributed by atoms with Gasteiger partial charge < -0.3 is 29.7 Å². The minimum atomic E-state index is -1.19. The monoisotopic (exact) mass is 643 g/mol. The van der Waals surface area contributed by atoms with Gasteiger partial charge in [-0.2, -0.15) is 0 Å². The second-order valence-corrected chi connectivity index (χ2v) is 12.7. The lowest BCUT2D eigenvalue weighted by Crippen LogP contribution is -2.56. The summed E-state index contributed by atoms with van der Waals surface area (Å²) in [4.78, 5) is 57.8. The first kappa shape index (κ1) is 34.7. The summed E-state index contributed by atoms with van der Waals surface area (Å²) in [6.07, 6.45) is 6.77. The number of allylic oxidation sites excluding steroid dienone is 1. The highest BCUT2D eigenvalue weighted by molar-refractivity contribution is 6.34. The number of esters is 1. The van der Waals surface area contributed by atoms with E-state index in [1.165, 1.54) is 0 Å². The highest BCUT2D eigenvalue weighted by Crippen LogP contribution is 2.59. The molecule has 10 nitrogen and oxygen atoms in total. The molecule has 11 heteroatoms. The molecule has 1 aromatic rings. The average Bonchev–Trinajstić information content (AvgIpc) is 3.65. The molecule has 3 heterocycles. The summed E-state index contributed by atoms with van der Waals surface area (Å²) in [6.45, 7) is 11.8. The Morgan fingerprint density at radius 1 is 1.24 bits per heavy atom. The van der Waals surface area contributed by atoms with E-state index in [9.17, 15) is 24.3 Å². The van der Waals surface area contributed by atoms with Crippen molar-refractivity contribution >= 4 is 41.0 Å². The van der Waals surface area contributed by atoms with Gasteiger partial charge in [-0.05, 0) is 57.6 Å². The molecule has 0 radical (unpaired) electrons. The van der Waals surface area contributed by atoms with Crippen LogP contribution >= 0.6 is 11.6 Å². The number of para-hydroxylation sites is 1. The number of rotatable bonds is 17. The van der Waals surface area contributed by atoms with Gasteiger partial charge in [-0.3, -0.25) is 19.2 Å². The molecule has 246 valence electrons. The van der Waals surface area contributed by atoms with Crippen molar-refractivity contribution in [2.24, 2.45) is 11.8 Å². The first-order chi connectivity index (χ1) is 21.6. The lowest BCUT2D eigenvalue weighted by Gasteiger charge is -2.37. The van der Waals surface area contributed by atoms with E-state index in [0.29, 0.717) is 55.8 Å². The van der Waals surface area contributed by atoms with E-state index >= 15 is 0 Å². The number of nitrogens with zero attached hydrogens (tertiary/aromatic N) is 2. The summed E-state index contributed by atoms with van der Waals surface area (Å²) in [5.74, 6) is -3.09. The van der Waals surface area contributed by atoms with E-state index in [2.05, 4.69) is 18.5 Å². The van der Waals surface area contributed by atoms with Crippen molar-refractivity contribution in [3.8, 4) is 0 Å². The van der Waals surface area contributed by atoms with Gasteiger partial charge in [-0.15, -0.1) is 13.2 Å². The van der Waals surface area contributed by atoms with Crippen molar-refractivity contribution in [1.29, 1.82) is 0 Å². The zero-order valence-electron chi connectivity index (χ0n) is 26.3. The van der Waals surface area contributed by atoms with E-state index in [-0.39, 0.29) is 37.4 Å². The molecule has 0 aromatic heterocycles. The van der Waals surface area contributed by atoms with E-state index in [4.69, 9.17) is 21.1 Å². The lowest BCUT2D eigenvalue weighted by atomic mass is 9.70. The number of carbonyl (C=O) groups is 4. The Kier molecular flexibility index (Phi) is 11.8. The zero-order chi connectivity index (χ0) is 32.7. The summed E-state index contributed by atoms with van der Waals surface area (Å²) in [6, 6.07) is 4.44. The number of halogens is 1. The number of fused-ring (bicyclic) bond motifs is 1. The van der Waals surface area contributed by atoms with Crippen LogP contribution in [0.15, 0.2) is 43.5 Å². The fourth-order valence-electron chi connectivity index (χ4n) is 7.12. The zero-order valence-corrected chi connectivity index (χ0v) is 27.1. The van der Waals surface area contributed by atoms with Gasteiger partial charge in [0.25, 0.3) is 5.91 Å². The molecule has 1 spiro atoms. The number of aryl methyl sites for hydroxylation is 1. The topological polar surface area (TPSA) is 125 Å². The maximum Gasteiger partial charge on any atom is 0.312 e. The molecule has 3 aliphatic heterocycles. The van der Waals surface area contributed by atoms with Gasteiger partial charge in [0.15, 0.2) is 0 Å². The Balaban J connectivity index is 1.62. The van der Waals surface area contributed by atoms with Crippen molar-refractivity contribution in [3.63, 3.8) is 0 Å². The van der Waals surface area contributed by atoms with Crippen molar-refractivity contribution in [2.75, 3.05) is 31.1 Å². The summed E-state index contributed by atoms with van der Waals surface area (Å²) in [5.41, 5.74) is 0.159. The Morgan fingerprint density at radius 2 is 2.00 bits per heavy atom. The molecule has 0 saturated carbocycles. The number of hydrogen-bond donors (Lipinski definition) is 2. The Labute approximate surface area is 270 Å². The number of unbranched alkanes of at least 4 members (excludes halogenated alkanes) is 3. The smallest absolute Gasteiger partial charge is 0.312 e. The number of ether oxygens (including phenoxy) is 2. The van der Waals surface area contributed by atoms with E-state index in [1.807, 2.05) is 19.1 Å². The molecular formula is C34H46ClN3O7. The van der Waals surface area contributed by atoms with Crippen LogP contribution in [0.25, 0.3) is 0 Å². The molecule has 3 fully saturated rings. The average molecular weight is 644 g/mol. The molecule has 2 N–H and O–H groups in total. The van der Waals surface area contributed by atoms with Gasteiger partial charge in [0, 0.05) is 26.1 Å². The number of aliphatic hydroxyl groups excluding tert-OH is 1. The number of carbonyl (C=O) groups excluding carboxylic acids is 4. The first-order valence-corrected chi connectivity index (χ1v) is 16.3. The second kappa shape index (κ2) is 15.4. The normalized spacial score (nSPS) is 25.5. The van der Waals surface area contributed by atoms with Crippen molar-refractivity contribution in [1.82, 2.24) is 10.2 Å². The predicted molar refractivity (Wildman–Crippen MR) is 172 cm³/mol. The van der Waals surface area contributed by atoms with Crippen LogP contribution in [0.2, 0.25) is 5.02 Å². The minimum Gasteiger partial charge on any atom is -0.460 e. The largest absolute Gasteiger partial charge is 0.460 e. The van der Waals surface area contributed by atoms with Crippen LogP contribution in [0.3, 0.4) is 0 Å². The van der Waals surface area contributed by atoms with E-state index < -0.39 is 41.7 Å². The van der Waals surface area contributed by atoms with Crippen molar-refractivity contribution in [3.05, 3.63) is 54.1 Å². The molecule has 0 unspecified atom stereocenters. The van der Waals surface area contributed by atoms with Crippen LogP contribution in [0, 0.1) is 18.8 Å². The maximum absolute atomic E-state index is 14.7. The molecular weight excluding hydrogens is 598 g/mol. The van der Waals surface area contributed by atoms with Crippen LogP contribution < -0.4 is 10.2 Å². The predicted octanol–water partition coefficient (Wildman–Crippen LogP) is 4.11. The van der Waals surface area contributed by atoms with Gasteiger partial charge in [0.05, 0.1) is 35.2 Å². The molecule has 3 saturated heterocycles. The van der Waals surface area contributed by atoms with Crippen molar-refractivity contribution in [2.45, 2.75) is 89.1 Å². The summed E-state index contributed by atoms with van der Waals surface area (Å²) >= 11 is 6.63. The highest BCUT2D eigenvalue weighted by Gasteiger charge is 2.75. The molecule has 1 aromatic carbocycles. The van der Waals surface area contributed by atoms with Gasteiger partial charge in [0.2, 0.25) is 11.8 Å². The number of hydrogen-bond acceptors (Lipinski definition) is 7. The number of amides is 3.